The zero-order chi connectivity index (χ0) is 47.1. The smallest absolute Gasteiger partial charge is 0.250 e. The van der Waals surface area contributed by atoms with Gasteiger partial charge in [0.25, 0.3) is 0 Å². The Balaban J connectivity index is 0.000000142. The summed E-state index contributed by atoms with van der Waals surface area (Å²) in [5.41, 5.74) is 15.5. The van der Waals surface area contributed by atoms with E-state index in [2.05, 4.69) is 109 Å². The molecule has 350 valence electrons. The van der Waals surface area contributed by atoms with Crippen LogP contribution in [0, 0.1) is 0 Å². The Morgan fingerprint density at radius 3 is 1.65 bits per heavy atom. The van der Waals surface area contributed by atoms with E-state index in [9.17, 15) is 14.4 Å². The fourth-order valence-electron chi connectivity index (χ4n) is 8.05. The highest BCUT2D eigenvalue weighted by Gasteiger charge is 2.24. The fraction of sp³-hybridized carbons (Fsp3) is 0.173. The van der Waals surface area contributed by atoms with Gasteiger partial charge in [0.15, 0.2) is 6.29 Å². The second-order valence-corrected chi connectivity index (χ2v) is 22.0. The van der Waals surface area contributed by atoms with Gasteiger partial charge in [-0.15, -0.1) is 0 Å². The minimum atomic E-state index is -0.0850. The number of anilines is 4. The molecule has 0 spiro atoms. The Kier molecular flexibility index (Phi) is 15.0. The number of rotatable bonds is 8. The molecule has 0 bridgehead atoms. The molecule has 2 saturated heterocycles. The van der Waals surface area contributed by atoms with E-state index in [1.54, 1.807) is 76.6 Å². The van der Waals surface area contributed by atoms with Gasteiger partial charge in [-0.25, -0.2) is 0 Å². The van der Waals surface area contributed by atoms with Crippen molar-refractivity contribution in [3.05, 3.63) is 163 Å². The Labute approximate surface area is 424 Å². The van der Waals surface area contributed by atoms with E-state index in [0.29, 0.717) is 26.4 Å². The van der Waals surface area contributed by atoms with Gasteiger partial charge in [-0.3, -0.25) is 14.4 Å². The van der Waals surface area contributed by atoms with Crippen LogP contribution < -0.4 is 32.0 Å². The highest BCUT2D eigenvalue weighted by Crippen LogP contribution is 2.53. The minimum Gasteiger partial charge on any atom is -0.399 e. The number of hydrogen-bond acceptors (Lipinski definition) is 15. The summed E-state index contributed by atoms with van der Waals surface area (Å²) in [5, 5.41) is 11.5. The molecule has 0 radical (unpaired) electrons. The number of thiophene rings is 2. The number of ether oxygens (including phenoxy) is 2. The third kappa shape index (κ3) is 11.4. The molecule has 5 N–H and O–H groups in total. The number of nitrogens with zero attached hydrogens (tertiary/aromatic N) is 2. The second-order valence-electron chi connectivity index (χ2n) is 16.1. The Morgan fingerprint density at radius 1 is 0.580 bits per heavy atom. The molecule has 0 amide bonds. The van der Waals surface area contributed by atoms with Crippen LogP contribution in [0.1, 0.15) is 15.9 Å². The van der Waals surface area contributed by atoms with Crippen molar-refractivity contribution in [2.24, 2.45) is 0 Å². The van der Waals surface area contributed by atoms with E-state index >= 15 is 0 Å². The average molecular weight is 1030 g/mol. The van der Waals surface area contributed by atoms with Crippen LogP contribution in [0.15, 0.2) is 179 Å². The van der Waals surface area contributed by atoms with Crippen molar-refractivity contribution in [3.8, 4) is 22.5 Å². The van der Waals surface area contributed by atoms with E-state index in [1.807, 2.05) is 29.0 Å². The van der Waals surface area contributed by atoms with Crippen LogP contribution in [0.3, 0.4) is 0 Å². The molecule has 4 aliphatic rings. The maximum atomic E-state index is 12.5. The zero-order valence-corrected chi connectivity index (χ0v) is 42.0. The van der Waals surface area contributed by atoms with E-state index < -0.39 is 0 Å². The predicted octanol–water partition coefficient (Wildman–Crippen LogP) is 11.8. The van der Waals surface area contributed by atoms with Crippen molar-refractivity contribution < 1.29 is 14.3 Å². The molecule has 17 heteroatoms. The van der Waals surface area contributed by atoms with E-state index in [-0.39, 0.29) is 11.1 Å². The molecule has 0 atom stereocenters. The summed E-state index contributed by atoms with van der Waals surface area (Å²) in [4.78, 5) is 54.9. The van der Waals surface area contributed by atoms with Crippen LogP contribution >= 0.6 is 69.7 Å². The van der Waals surface area contributed by atoms with Crippen molar-refractivity contribution >= 4 is 98.8 Å². The topological polar surface area (TPSA) is 146 Å². The van der Waals surface area contributed by atoms with Crippen LogP contribution in [0.2, 0.25) is 0 Å². The summed E-state index contributed by atoms with van der Waals surface area (Å²) in [6, 6.07) is 36.6. The van der Waals surface area contributed by atoms with Crippen molar-refractivity contribution in [2.75, 3.05) is 73.5 Å². The van der Waals surface area contributed by atoms with Gasteiger partial charge in [0.1, 0.15) is 0 Å². The number of morpholine rings is 2. The van der Waals surface area contributed by atoms with Crippen LogP contribution in [0.25, 0.3) is 22.5 Å². The molecule has 69 heavy (non-hydrogen) atoms. The number of benzene rings is 4. The molecule has 2 fully saturated rings. The monoisotopic (exact) mass is 1030 g/mol. The fourth-order valence-corrected chi connectivity index (χ4v) is 14.2. The van der Waals surface area contributed by atoms with Gasteiger partial charge >= 0.3 is 0 Å². The van der Waals surface area contributed by atoms with Crippen molar-refractivity contribution in [1.29, 1.82) is 0 Å². The predicted molar refractivity (Wildman–Crippen MR) is 286 cm³/mol. The molecule has 4 aromatic heterocycles. The largest absolute Gasteiger partial charge is 0.399 e. The number of aldehydes is 1. The number of nitrogens with one attached hydrogen (secondary N) is 3. The lowest BCUT2D eigenvalue weighted by Crippen LogP contribution is -2.36. The molecule has 4 aliphatic heterocycles. The Hall–Kier alpha value is -5.63. The van der Waals surface area contributed by atoms with E-state index in [0.717, 1.165) is 89.8 Å². The van der Waals surface area contributed by atoms with Gasteiger partial charge in [0, 0.05) is 129 Å². The quantitative estimate of drug-likeness (QED) is 0.0847. The first-order chi connectivity index (χ1) is 33.8. The van der Waals surface area contributed by atoms with Gasteiger partial charge < -0.3 is 40.3 Å². The molecule has 8 heterocycles. The highest BCUT2D eigenvalue weighted by atomic mass is 32.2. The number of H-pyrrole nitrogens is 2. The second kappa shape index (κ2) is 22.0. The van der Waals surface area contributed by atoms with Gasteiger partial charge in [0.2, 0.25) is 11.1 Å². The Morgan fingerprint density at radius 2 is 1.13 bits per heavy atom. The summed E-state index contributed by atoms with van der Waals surface area (Å²) >= 11 is 10.3. The third-order valence-electron chi connectivity index (χ3n) is 11.5. The summed E-state index contributed by atoms with van der Waals surface area (Å²) in [6.07, 6.45) is 0.844. The molecule has 0 unspecified atom stereocenters. The number of hydrogen-bond donors (Lipinski definition) is 4. The van der Waals surface area contributed by atoms with Crippen molar-refractivity contribution in [2.45, 2.75) is 45.7 Å². The lowest BCUT2D eigenvalue weighted by Gasteiger charge is -2.29. The number of fused-ring (bicyclic) bond motifs is 4. The van der Waals surface area contributed by atoms with Gasteiger partial charge in [-0.05, 0) is 94.5 Å². The van der Waals surface area contributed by atoms with E-state index in [1.165, 1.54) is 56.1 Å². The number of nitrogen functional groups attached to an aromatic ring is 1. The molecule has 0 saturated carbocycles. The van der Waals surface area contributed by atoms with Crippen LogP contribution in [0.4, 0.5) is 22.7 Å². The number of nitrogens with two attached hydrogens (primary N) is 1. The summed E-state index contributed by atoms with van der Waals surface area (Å²) < 4.78 is 10.9. The molecule has 8 aromatic rings. The van der Waals surface area contributed by atoms with Gasteiger partial charge in [-0.1, -0.05) is 71.3 Å². The van der Waals surface area contributed by atoms with Crippen LogP contribution in [0.5, 0.6) is 0 Å². The maximum absolute atomic E-state index is 12.5. The number of aromatic nitrogens is 2. The first-order valence-electron chi connectivity index (χ1n) is 22.2. The molecule has 11 nitrogen and oxygen atoms in total. The highest BCUT2D eigenvalue weighted by molar-refractivity contribution is 8.05. The lowest BCUT2D eigenvalue weighted by atomic mass is 10.1. The van der Waals surface area contributed by atoms with Gasteiger partial charge in [-0.2, -0.15) is 22.7 Å². The molecule has 4 aromatic carbocycles. The Bertz CT molecular complexity index is 3200. The lowest BCUT2D eigenvalue weighted by molar-refractivity contribution is 0.112. The zero-order valence-electron chi connectivity index (χ0n) is 37.1. The normalized spacial score (nSPS) is 14.7. The number of carbonyl (C=O) groups excluding carboxylic acids is 1. The molecular formula is C52H46N6O5S6. The number of carbonyl (C=O) groups is 1. The number of pyridine rings is 2. The summed E-state index contributed by atoms with van der Waals surface area (Å²) in [6.45, 7) is 6.79. The average Bonchev–Trinajstić information content (AvgIpc) is 4.13. The van der Waals surface area contributed by atoms with Crippen LogP contribution in [-0.2, 0) is 16.0 Å². The summed E-state index contributed by atoms with van der Waals surface area (Å²) in [7, 11) is 0. The van der Waals surface area contributed by atoms with Gasteiger partial charge in [0.05, 0.1) is 37.8 Å². The van der Waals surface area contributed by atoms with Crippen molar-refractivity contribution in [1.82, 2.24) is 9.97 Å². The SMILES string of the molecule is Nc1ccc2c(c1)Sc1cccc(-c3cc(N4CCOCC4)cc(=O)[nH]3)c1S2.O=Cc1ccsc1.O=c1cc(N2CCOCC2)cc(-c2cccc3c2Sc2ccc(NCc4ccsc4)cc2S3)[nH]1. The minimum absolute atomic E-state index is 0.0770. The summed E-state index contributed by atoms with van der Waals surface area (Å²) in [5.74, 6) is 0. The maximum Gasteiger partial charge on any atom is 0.250 e. The molecule has 0 aliphatic carbocycles. The van der Waals surface area contributed by atoms with E-state index in [4.69, 9.17) is 15.2 Å². The third-order valence-corrected chi connectivity index (χ3v) is 18.1. The standard InChI is InChI=1S/C26H23N3O2S3.C21H19N3O2S2.C5H4OS/c30-25-14-19(29-7-9-31-10-8-29)13-21(28-25)20-2-1-3-23-26(20)34-22-5-4-18(12-24(22)33-23)27-15-17-6-11-32-16-17;22-13-4-5-17-19(10-13)27-18-3-1-2-15(21(18)28-17)16-11-14(12-20(25)23-16)24-6-8-26-9-7-24;6-3-5-1-2-7-4-5/h1-6,11-14,16,27H,7-10,15H2,(H,28,30);1-5,10-12H,6-9,22H2,(H,23,25);1-4H. The van der Waals surface area contributed by atoms with Crippen molar-refractivity contribution in [3.63, 3.8) is 0 Å². The molecule has 12 rings (SSSR count). The first-order valence-corrected chi connectivity index (χ1v) is 27.4. The number of aromatic amines is 2. The molecular weight excluding hydrogens is 981 g/mol. The first kappa shape index (κ1) is 47.1. The van der Waals surface area contributed by atoms with Crippen LogP contribution in [-0.4, -0.2) is 68.9 Å².